The first-order chi connectivity index (χ1) is 5.79. The van der Waals surface area contributed by atoms with E-state index < -0.39 is 0 Å². The molecule has 0 aliphatic carbocycles. The molecule has 2 aromatic rings. The van der Waals surface area contributed by atoms with E-state index in [0.29, 0.717) is 5.56 Å². The molecular formula is C8H4IN3. The van der Waals surface area contributed by atoms with Gasteiger partial charge in [-0.15, -0.1) is 0 Å². The number of H-pyrrole nitrogens is 1. The number of nitrogens with zero attached hydrogens (tertiary/aromatic N) is 2. The van der Waals surface area contributed by atoms with E-state index in [-0.39, 0.29) is 0 Å². The van der Waals surface area contributed by atoms with Crippen LogP contribution in [0.5, 0.6) is 0 Å². The molecule has 0 aliphatic heterocycles. The van der Waals surface area contributed by atoms with Crippen molar-refractivity contribution in [3.63, 3.8) is 0 Å². The maximum atomic E-state index is 8.60. The quantitative estimate of drug-likeness (QED) is 0.744. The van der Waals surface area contributed by atoms with Gasteiger partial charge in [-0.3, -0.25) is 4.98 Å². The second-order valence-electron chi connectivity index (χ2n) is 2.39. The number of nitrogens with one attached hydrogen (secondary N) is 1. The summed E-state index contributed by atoms with van der Waals surface area (Å²) in [6.07, 6.45) is 1.58. The Balaban J connectivity index is 2.77. The van der Waals surface area contributed by atoms with Crippen LogP contribution in [0.3, 0.4) is 0 Å². The first kappa shape index (κ1) is 7.55. The van der Waals surface area contributed by atoms with Crippen LogP contribution in [0.25, 0.3) is 11.0 Å². The number of fused-ring (bicyclic) bond motifs is 1. The first-order valence-corrected chi connectivity index (χ1v) is 4.42. The predicted octanol–water partition coefficient (Wildman–Crippen LogP) is 2.04. The van der Waals surface area contributed by atoms with E-state index in [1.54, 1.807) is 12.3 Å². The highest BCUT2D eigenvalue weighted by atomic mass is 127. The Bertz CT molecular complexity index is 467. The van der Waals surface area contributed by atoms with Gasteiger partial charge in [0.25, 0.3) is 0 Å². The highest BCUT2D eigenvalue weighted by Crippen LogP contribution is 2.14. The van der Waals surface area contributed by atoms with Crippen molar-refractivity contribution in [2.75, 3.05) is 0 Å². The number of rotatable bonds is 0. The maximum Gasteiger partial charge on any atom is 0.101 e. The Morgan fingerprint density at radius 1 is 1.50 bits per heavy atom. The van der Waals surface area contributed by atoms with Gasteiger partial charge in [0.15, 0.2) is 0 Å². The van der Waals surface area contributed by atoms with Crippen molar-refractivity contribution in [3.8, 4) is 6.07 Å². The maximum absolute atomic E-state index is 8.60. The van der Waals surface area contributed by atoms with Crippen LogP contribution in [0.15, 0.2) is 18.3 Å². The van der Waals surface area contributed by atoms with Crippen LogP contribution < -0.4 is 0 Å². The van der Waals surface area contributed by atoms with Crippen LogP contribution >= 0.6 is 22.6 Å². The third-order valence-electron chi connectivity index (χ3n) is 1.57. The van der Waals surface area contributed by atoms with Crippen LogP contribution in [-0.4, -0.2) is 9.97 Å². The van der Waals surface area contributed by atoms with Gasteiger partial charge in [0, 0.05) is 6.20 Å². The average molecular weight is 269 g/mol. The van der Waals surface area contributed by atoms with Crippen LogP contribution in [0.4, 0.5) is 0 Å². The van der Waals surface area contributed by atoms with Gasteiger partial charge in [0.05, 0.1) is 20.3 Å². The van der Waals surface area contributed by atoms with Gasteiger partial charge in [-0.2, -0.15) is 5.26 Å². The Morgan fingerprint density at radius 3 is 3.08 bits per heavy atom. The molecule has 0 radical (unpaired) electrons. The highest BCUT2D eigenvalue weighted by Gasteiger charge is 1.99. The molecule has 0 aromatic carbocycles. The summed E-state index contributed by atoms with van der Waals surface area (Å²) < 4.78 is 1.03. The first-order valence-electron chi connectivity index (χ1n) is 3.34. The molecule has 2 aromatic heterocycles. The Hall–Kier alpha value is -1.09. The van der Waals surface area contributed by atoms with E-state index >= 15 is 0 Å². The highest BCUT2D eigenvalue weighted by molar-refractivity contribution is 14.1. The van der Waals surface area contributed by atoms with Crippen molar-refractivity contribution in [2.45, 2.75) is 0 Å². The molecule has 0 saturated carbocycles. The van der Waals surface area contributed by atoms with Crippen LogP contribution in [0.1, 0.15) is 5.56 Å². The topological polar surface area (TPSA) is 52.5 Å². The molecular weight excluding hydrogens is 265 g/mol. The standard InChI is InChI=1S/C8H4IN3/c9-8-2-6-7(12-8)1-5(3-10)4-11-6/h1-2,4,12H. The molecule has 0 amide bonds. The van der Waals surface area contributed by atoms with E-state index in [1.807, 2.05) is 12.1 Å². The summed E-state index contributed by atoms with van der Waals surface area (Å²) in [5, 5.41) is 8.60. The molecule has 3 nitrogen and oxygen atoms in total. The lowest BCUT2D eigenvalue weighted by molar-refractivity contribution is 1.36. The van der Waals surface area contributed by atoms with Crippen molar-refractivity contribution in [3.05, 3.63) is 27.6 Å². The minimum atomic E-state index is 0.584. The molecule has 0 unspecified atom stereocenters. The van der Waals surface area contributed by atoms with Crippen LogP contribution in [0.2, 0.25) is 0 Å². The second kappa shape index (κ2) is 2.75. The summed E-state index contributed by atoms with van der Waals surface area (Å²) in [5.41, 5.74) is 2.40. The Kier molecular flexibility index (Phi) is 1.73. The second-order valence-corrected chi connectivity index (χ2v) is 3.55. The molecule has 12 heavy (non-hydrogen) atoms. The zero-order valence-electron chi connectivity index (χ0n) is 6.00. The molecule has 0 bridgehead atoms. The molecule has 4 heteroatoms. The summed E-state index contributed by atoms with van der Waals surface area (Å²) in [4.78, 5) is 7.22. The largest absolute Gasteiger partial charge is 0.349 e. The lowest BCUT2D eigenvalue weighted by atomic mass is 10.3. The lowest BCUT2D eigenvalue weighted by Gasteiger charge is -1.87. The molecule has 58 valence electrons. The summed E-state index contributed by atoms with van der Waals surface area (Å²) in [7, 11) is 0. The molecule has 0 fully saturated rings. The van der Waals surface area contributed by atoms with Crippen molar-refractivity contribution in [1.82, 2.24) is 9.97 Å². The van der Waals surface area contributed by atoms with Gasteiger partial charge in [0.1, 0.15) is 6.07 Å². The zero-order chi connectivity index (χ0) is 8.55. The fourth-order valence-corrected chi connectivity index (χ4v) is 1.62. The predicted molar refractivity (Wildman–Crippen MR) is 53.5 cm³/mol. The summed E-state index contributed by atoms with van der Waals surface area (Å²) in [6.45, 7) is 0. The molecule has 2 heterocycles. The number of hydrogen-bond donors (Lipinski definition) is 1. The molecule has 2 rings (SSSR count). The van der Waals surface area contributed by atoms with Crippen LogP contribution in [-0.2, 0) is 0 Å². The Labute approximate surface area is 82.6 Å². The molecule has 1 N–H and O–H groups in total. The number of pyridine rings is 1. The molecule has 0 aliphatic rings. The lowest BCUT2D eigenvalue weighted by Crippen LogP contribution is -1.78. The number of nitriles is 1. The van der Waals surface area contributed by atoms with Gasteiger partial charge in [-0.25, -0.2) is 0 Å². The molecule has 0 saturated heterocycles. The Morgan fingerprint density at radius 2 is 2.33 bits per heavy atom. The van der Waals surface area contributed by atoms with Crippen molar-refractivity contribution in [1.29, 1.82) is 5.26 Å². The van der Waals surface area contributed by atoms with Gasteiger partial charge < -0.3 is 4.98 Å². The number of aromatic nitrogens is 2. The van der Waals surface area contributed by atoms with E-state index in [0.717, 1.165) is 14.7 Å². The zero-order valence-corrected chi connectivity index (χ0v) is 8.16. The third kappa shape index (κ3) is 1.16. The summed E-state index contributed by atoms with van der Waals surface area (Å²) in [5.74, 6) is 0. The van der Waals surface area contributed by atoms with Crippen molar-refractivity contribution >= 4 is 33.6 Å². The third-order valence-corrected chi connectivity index (χ3v) is 2.15. The van der Waals surface area contributed by atoms with Crippen LogP contribution in [0, 0.1) is 15.0 Å². The van der Waals surface area contributed by atoms with Crippen molar-refractivity contribution in [2.24, 2.45) is 0 Å². The van der Waals surface area contributed by atoms with E-state index in [9.17, 15) is 0 Å². The smallest absolute Gasteiger partial charge is 0.101 e. The normalized spacial score (nSPS) is 10.0. The fraction of sp³-hybridized carbons (Fsp3) is 0. The van der Waals surface area contributed by atoms with Gasteiger partial charge in [-0.1, -0.05) is 0 Å². The summed E-state index contributed by atoms with van der Waals surface area (Å²) in [6, 6.07) is 5.78. The monoisotopic (exact) mass is 269 g/mol. The number of aromatic amines is 1. The van der Waals surface area contributed by atoms with E-state index in [2.05, 4.69) is 32.6 Å². The van der Waals surface area contributed by atoms with Gasteiger partial charge >= 0.3 is 0 Å². The average Bonchev–Trinajstić information content (AvgIpc) is 2.43. The SMILES string of the molecule is N#Cc1cnc2cc(I)[nH]c2c1. The van der Waals surface area contributed by atoms with Gasteiger partial charge in [-0.05, 0) is 34.7 Å². The van der Waals surface area contributed by atoms with E-state index in [1.165, 1.54) is 0 Å². The van der Waals surface area contributed by atoms with Crippen molar-refractivity contribution < 1.29 is 0 Å². The summed E-state index contributed by atoms with van der Waals surface area (Å²) >= 11 is 2.18. The minimum Gasteiger partial charge on any atom is -0.349 e. The number of hydrogen-bond acceptors (Lipinski definition) is 2. The number of halogens is 1. The van der Waals surface area contributed by atoms with Gasteiger partial charge in [0.2, 0.25) is 0 Å². The minimum absolute atomic E-state index is 0.584. The van der Waals surface area contributed by atoms with E-state index in [4.69, 9.17) is 5.26 Å². The molecule has 0 spiro atoms. The molecule has 0 atom stereocenters. The fourth-order valence-electron chi connectivity index (χ4n) is 1.04.